The number of unbranched alkanes of at least 4 members (excludes halogenated alkanes) is 2. The fourth-order valence-electron chi connectivity index (χ4n) is 1.52. The van der Waals surface area contributed by atoms with Crippen LogP contribution >= 0.6 is 0 Å². The van der Waals surface area contributed by atoms with E-state index in [9.17, 15) is 0 Å². The van der Waals surface area contributed by atoms with Crippen LogP contribution in [0.4, 0.5) is 0 Å². The largest absolute Gasteiger partial charge is 0.417 e. The maximum Gasteiger partial charge on any atom is 0.191 e. The Morgan fingerprint density at radius 2 is 1.68 bits per heavy atom. The lowest BCUT2D eigenvalue weighted by Crippen LogP contribution is -2.40. The zero-order valence-electron chi connectivity index (χ0n) is 29.0. The molecule has 0 aliphatic heterocycles. The molecule has 1 rings (SSSR count). The highest BCUT2D eigenvalue weighted by Crippen LogP contribution is 2.36. The third kappa shape index (κ3) is 10.2. The van der Waals surface area contributed by atoms with E-state index in [0.717, 1.165) is 12.1 Å². The van der Waals surface area contributed by atoms with Crippen molar-refractivity contribution in [3.63, 3.8) is 0 Å². The summed E-state index contributed by atoms with van der Waals surface area (Å²) in [6.45, 7) is 4.52. The second-order valence-electron chi connectivity index (χ2n) is 7.26. The van der Waals surface area contributed by atoms with Gasteiger partial charge in [0.15, 0.2) is 8.32 Å². The summed E-state index contributed by atoms with van der Waals surface area (Å²) in [6.07, 6.45) is -9.28. The van der Waals surface area contributed by atoms with Crippen LogP contribution in [0.15, 0.2) is 30.3 Å². The average molecular weight is 378 g/mol. The molecule has 0 fully saturated rings. The summed E-state index contributed by atoms with van der Waals surface area (Å²) in [5.74, 6) is 0. The average Bonchev–Trinajstić information content (AvgIpc) is 2.67. The molecule has 0 aliphatic carbocycles. The highest BCUT2D eigenvalue weighted by Gasteiger charge is 2.36. The van der Waals surface area contributed by atoms with Crippen LogP contribution < -0.4 is 0 Å². The first-order valence-electron chi connectivity index (χ1n) is 15.2. The fraction of sp³-hybridized carbons (Fsp3) is 0.727. The Kier molecular flexibility index (Phi) is 4.52. The van der Waals surface area contributed by atoms with Gasteiger partial charge in [-0.15, -0.1) is 0 Å². The highest BCUT2D eigenvalue weighted by molar-refractivity contribution is 6.74. The van der Waals surface area contributed by atoms with Gasteiger partial charge in [0.1, 0.15) is 0 Å². The Balaban J connectivity index is 2.84. The van der Waals surface area contributed by atoms with Crippen molar-refractivity contribution in [3.8, 4) is 0 Å². The lowest BCUT2D eigenvalue weighted by molar-refractivity contribution is 0.126. The maximum absolute atomic E-state index is 8.27. The van der Waals surface area contributed by atoms with Gasteiger partial charge >= 0.3 is 0 Å². The molecule has 3 heteroatoms. The van der Waals surface area contributed by atoms with E-state index in [-0.39, 0.29) is 30.5 Å². The number of ether oxygens (including phenoxy) is 1. The van der Waals surface area contributed by atoms with E-state index in [4.69, 9.17) is 27.0 Å². The molecule has 25 heavy (non-hydrogen) atoms. The molecule has 0 aliphatic rings. The van der Waals surface area contributed by atoms with Crippen LogP contribution in [0.5, 0.6) is 0 Å². The standard InChI is InChI=1S/C22H40O2Si/c1-22(2,3)25(4,5)24-20-13-7-6-12-18-23-19-14-11-17-21-15-9-8-10-16-21/h8-10,15-16H,6-7,11-14,17-20H2,1-5H3/i8D,11D2,14D2,15D,16D,17D2,19D2,20D2. The molecule has 0 radical (unpaired) electrons. The molecule has 144 valence electrons. The SMILES string of the molecule is [2H]c1cc([2H])c(C([2H])([2H])C([2H])([2H])C([2H])([2H])C([2H])([2H])OCCCCCC([2H])([2H])O[Si](C)(C)C(C)(C)C)c([2H])c1. The Labute approximate surface area is 175 Å². The molecule has 0 saturated carbocycles. The molecule has 0 heterocycles. The van der Waals surface area contributed by atoms with Gasteiger partial charge in [0, 0.05) is 27.9 Å². The molecule has 0 atom stereocenters. The first-order valence-corrected chi connectivity index (χ1v) is 11.6. The monoisotopic (exact) mass is 377 g/mol. The second kappa shape index (κ2) is 11.9. The molecule has 0 aromatic heterocycles. The summed E-state index contributed by atoms with van der Waals surface area (Å²) in [5.41, 5.74) is -0.785. The van der Waals surface area contributed by atoms with Crippen LogP contribution in [0.2, 0.25) is 18.1 Å². The van der Waals surface area contributed by atoms with Crippen LogP contribution in [0.25, 0.3) is 0 Å². The molecule has 0 bridgehead atoms. The van der Waals surface area contributed by atoms with Crippen molar-refractivity contribution in [2.45, 2.75) is 83.7 Å². The third-order valence-corrected chi connectivity index (χ3v) is 8.40. The predicted octanol–water partition coefficient (Wildman–Crippen LogP) is 6.61. The van der Waals surface area contributed by atoms with Gasteiger partial charge in [-0.25, -0.2) is 0 Å². The summed E-state index contributed by atoms with van der Waals surface area (Å²) in [7, 11) is -2.32. The molecule has 0 unspecified atom stereocenters. The van der Waals surface area contributed by atoms with E-state index >= 15 is 0 Å². The van der Waals surface area contributed by atoms with Crippen molar-refractivity contribution in [1.29, 1.82) is 0 Å². The molecular weight excluding hydrogens is 324 g/mol. The topological polar surface area (TPSA) is 18.5 Å². The van der Waals surface area contributed by atoms with Crippen LogP contribution in [-0.2, 0) is 15.5 Å². The molecule has 0 N–H and O–H groups in total. The maximum atomic E-state index is 8.27. The minimum absolute atomic E-state index is 0.109. The summed E-state index contributed by atoms with van der Waals surface area (Å²) < 4.78 is 116. The van der Waals surface area contributed by atoms with Gasteiger partial charge in [0.05, 0.1) is 9.60 Å². The van der Waals surface area contributed by atoms with Crippen LogP contribution in [-0.4, -0.2) is 28.0 Å². The molecule has 1 aromatic rings. The molecule has 0 amide bonds. The number of rotatable bonds is 13. The molecule has 0 spiro atoms. The smallest absolute Gasteiger partial charge is 0.191 e. The highest BCUT2D eigenvalue weighted by atomic mass is 28.4. The van der Waals surface area contributed by atoms with E-state index in [0.29, 0.717) is 12.8 Å². The van der Waals surface area contributed by atoms with E-state index in [1.54, 1.807) is 0 Å². The summed E-state index contributed by atoms with van der Waals surface area (Å²) in [5, 5.41) is -0.158. The number of hydrogen-bond donors (Lipinski definition) is 0. The predicted molar refractivity (Wildman–Crippen MR) is 112 cm³/mol. The molecule has 0 saturated heterocycles. The van der Waals surface area contributed by atoms with Crippen molar-refractivity contribution >= 4 is 8.32 Å². The van der Waals surface area contributed by atoms with Crippen molar-refractivity contribution < 1.29 is 27.0 Å². The third-order valence-electron chi connectivity index (χ3n) is 4.13. The van der Waals surface area contributed by atoms with Crippen molar-refractivity contribution in [2.24, 2.45) is 0 Å². The zero-order valence-corrected chi connectivity index (χ0v) is 17.0. The Bertz CT molecular complexity index is 936. The normalized spacial score (nSPS) is 23.0. The molecular formula is C22H40O2Si. The summed E-state index contributed by atoms with van der Waals surface area (Å²) in [6, 6.07) is 0.224. The van der Waals surface area contributed by atoms with Gasteiger partial charge in [-0.2, -0.15) is 0 Å². The van der Waals surface area contributed by atoms with E-state index in [2.05, 4.69) is 0 Å². The van der Waals surface area contributed by atoms with E-state index in [1.165, 1.54) is 0 Å². The van der Waals surface area contributed by atoms with Crippen LogP contribution in [0, 0.1) is 0 Å². The Morgan fingerprint density at radius 1 is 1.00 bits per heavy atom. The molecule has 2 nitrogen and oxygen atoms in total. The lowest BCUT2D eigenvalue weighted by Gasteiger charge is -2.36. The van der Waals surface area contributed by atoms with Crippen molar-refractivity contribution in [1.82, 2.24) is 0 Å². The molecule has 1 aromatic carbocycles. The Morgan fingerprint density at radius 3 is 2.36 bits per heavy atom. The second-order valence-corrected chi connectivity index (χ2v) is 12.0. The van der Waals surface area contributed by atoms with Gasteiger partial charge in [-0.05, 0) is 55.7 Å². The van der Waals surface area contributed by atoms with Gasteiger partial charge < -0.3 is 9.16 Å². The minimum Gasteiger partial charge on any atom is -0.417 e. The zero-order chi connectivity index (χ0) is 30.2. The summed E-state index contributed by atoms with van der Waals surface area (Å²) >= 11 is 0. The van der Waals surface area contributed by atoms with Crippen LogP contribution in [0.1, 0.15) is 82.6 Å². The van der Waals surface area contributed by atoms with Crippen LogP contribution in [0.3, 0.4) is 0 Å². The number of benzene rings is 1. The first-order chi connectivity index (χ1) is 16.7. The lowest BCUT2D eigenvalue weighted by atomic mass is 10.1. The minimum atomic E-state index is -3.57. The number of hydrogen-bond acceptors (Lipinski definition) is 2. The summed E-state index contributed by atoms with van der Waals surface area (Å²) in [4.78, 5) is 0. The van der Waals surface area contributed by atoms with E-state index < -0.39 is 58.2 Å². The van der Waals surface area contributed by atoms with Crippen molar-refractivity contribution in [3.05, 3.63) is 35.8 Å². The van der Waals surface area contributed by atoms with Gasteiger partial charge in [0.2, 0.25) is 0 Å². The van der Waals surface area contributed by atoms with E-state index in [1.807, 2.05) is 33.9 Å². The van der Waals surface area contributed by atoms with Gasteiger partial charge in [-0.3, -0.25) is 0 Å². The van der Waals surface area contributed by atoms with Gasteiger partial charge in [0.25, 0.3) is 0 Å². The first kappa shape index (κ1) is 9.52. The fourth-order valence-corrected chi connectivity index (χ4v) is 2.29. The van der Waals surface area contributed by atoms with Gasteiger partial charge in [-0.1, -0.05) is 63.9 Å². The van der Waals surface area contributed by atoms with Crippen molar-refractivity contribution in [2.75, 3.05) is 19.7 Å². The Hall–Kier alpha value is -0.643. The quantitative estimate of drug-likeness (QED) is 0.284.